The monoisotopic (exact) mass is 456 g/mol. The Balaban J connectivity index is 1.30. The molecule has 0 spiro atoms. The fraction of sp³-hybridized carbons (Fsp3) is 0.346. The highest BCUT2D eigenvalue weighted by Gasteiger charge is 2.29. The lowest BCUT2D eigenvalue weighted by molar-refractivity contribution is -0.133. The Bertz CT molecular complexity index is 1350. The van der Waals surface area contributed by atoms with Gasteiger partial charge in [0.25, 0.3) is 5.56 Å². The molecule has 4 aromatic rings. The van der Waals surface area contributed by atoms with Crippen molar-refractivity contribution in [2.45, 2.75) is 45.1 Å². The van der Waals surface area contributed by atoms with Gasteiger partial charge < -0.3 is 9.88 Å². The smallest absolute Gasteiger partial charge is 0.281 e. The second kappa shape index (κ2) is 9.21. The number of nitrogens with zero attached hydrogens (tertiary/aromatic N) is 5. The van der Waals surface area contributed by atoms with Gasteiger partial charge in [-0.1, -0.05) is 65.4 Å². The van der Waals surface area contributed by atoms with Gasteiger partial charge in [-0.25, -0.2) is 9.67 Å². The Morgan fingerprint density at radius 1 is 1.09 bits per heavy atom. The van der Waals surface area contributed by atoms with Crippen LogP contribution in [0.4, 0.5) is 0 Å². The summed E-state index contributed by atoms with van der Waals surface area (Å²) >= 11 is 0. The fourth-order valence-corrected chi connectivity index (χ4v) is 4.58. The third-order valence-corrected chi connectivity index (χ3v) is 6.71. The van der Waals surface area contributed by atoms with Gasteiger partial charge in [0.1, 0.15) is 5.82 Å². The van der Waals surface area contributed by atoms with E-state index >= 15 is 0 Å². The highest BCUT2D eigenvalue weighted by Crippen LogP contribution is 2.28. The Morgan fingerprint density at radius 3 is 2.50 bits per heavy atom. The molecule has 8 nitrogen and oxygen atoms in total. The van der Waals surface area contributed by atoms with E-state index in [1.54, 1.807) is 4.68 Å². The molecule has 1 amide bonds. The maximum atomic E-state index is 13.1. The molecule has 1 N–H and O–H groups in total. The number of rotatable bonds is 5. The molecule has 1 unspecified atom stereocenters. The number of H-pyrrole nitrogens is 1. The van der Waals surface area contributed by atoms with E-state index < -0.39 is 0 Å². The average Bonchev–Trinajstić information content (AvgIpc) is 3.27. The molecule has 1 atom stereocenters. The number of aromatic nitrogens is 5. The maximum Gasteiger partial charge on any atom is 0.281 e. The number of fused-ring (bicyclic) bond motifs is 1. The molecule has 0 saturated carbocycles. The quantitative estimate of drug-likeness (QED) is 0.497. The number of likely N-dealkylation sites (tertiary alicyclic amines) is 1. The summed E-state index contributed by atoms with van der Waals surface area (Å²) in [7, 11) is 0. The first-order valence-electron chi connectivity index (χ1n) is 11.7. The standard InChI is InChI=1S/C26H28N6O2/c1-17-8-10-20(11-9-17)18(2)26(34)31-14-12-21(13-15-31)23-27-24-22(25(33)28-23)29-30-32(24)16-19-6-4-3-5-7-19/h3-11,18,21H,12-16H2,1-2H3,(H,27,28,33). The van der Waals surface area contributed by atoms with Gasteiger partial charge in [0.2, 0.25) is 5.91 Å². The molecule has 0 radical (unpaired) electrons. The normalized spacial score (nSPS) is 15.5. The number of piperidine rings is 1. The van der Waals surface area contributed by atoms with Crippen LogP contribution in [0.1, 0.15) is 54.1 Å². The van der Waals surface area contributed by atoms with Gasteiger partial charge >= 0.3 is 0 Å². The van der Waals surface area contributed by atoms with Crippen LogP contribution in [0.15, 0.2) is 59.4 Å². The maximum absolute atomic E-state index is 13.1. The summed E-state index contributed by atoms with van der Waals surface area (Å²) in [5.74, 6) is 0.692. The Hall–Kier alpha value is -3.81. The Labute approximate surface area is 197 Å². The molecular weight excluding hydrogens is 428 g/mol. The number of amides is 1. The van der Waals surface area contributed by atoms with E-state index in [4.69, 9.17) is 4.98 Å². The lowest BCUT2D eigenvalue weighted by Crippen LogP contribution is -2.40. The van der Waals surface area contributed by atoms with Crippen LogP contribution in [0.25, 0.3) is 11.2 Å². The van der Waals surface area contributed by atoms with Crippen LogP contribution < -0.4 is 5.56 Å². The lowest BCUT2D eigenvalue weighted by atomic mass is 9.93. The first-order chi connectivity index (χ1) is 16.5. The van der Waals surface area contributed by atoms with E-state index in [1.807, 2.05) is 73.3 Å². The van der Waals surface area contributed by atoms with Crippen molar-refractivity contribution in [1.82, 2.24) is 29.9 Å². The van der Waals surface area contributed by atoms with Crippen molar-refractivity contribution < 1.29 is 4.79 Å². The fourth-order valence-electron chi connectivity index (χ4n) is 4.58. The zero-order chi connectivity index (χ0) is 23.7. The highest BCUT2D eigenvalue weighted by molar-refractivity contribution is 5.83. The van der Waals surface area contributed by atoms with Gasteiger partial charge in [-0.3, -0.25) is 9.59 Å². The number of aromatic amines is 1. The molecule has 3 heterocycles. The number of hydrogen-bond donors (Lipinski definition) is 1. The SMILES string of the molecule is Cc1ccc(C(C)C(=O)N2CCC(c3nc4c(nnn4Cc4ccccc4)c(=O)[nH]3)CC2)cc1. The van der Waals surface area contributed by atoms with Gasteiger partial charge in [-0.2, -0.15) is 0 Å². The van der Waals surface area contributed by atoms with Crippen molar-refractivity contribution in [3.63, 3.8) is 0 Å². The van der Waals surface area contributed by atoms with Crippen LogP contribution in [0.5, 0.6) is 0 Å². The van der Waals surface area contributed by atoms with Crippen molar-refractivity contribution in [2.75, 3.05) is 13.1 Å². The number of aryl methyl sites for hydroxylation is 1. The number of nitrogens with one attached hydrogen (secondary N) is 1. The van der Waals surface area contributed by atoms with Crippen molar-refractivity contribution in [1.29, 1.82) is 0 Å². The molecule has 8 heteroatoms. The second-order valence-corrected chi connectivity index (χ2v) is 9.09. The topological polar surface area (TPSA) is 96.8 Å². The van der Waals surface area contributed by atoms with Crippen LogP contribution in [-0.2, 0) is 11.3 Å². The number of hydrogen-bond acceptors (Lipinski definition) is 5. The summed E-state index contributed by atoms with van der Waals surface area (Å²) < 4.78 is 1.67. The third kappa shape index (κ3) is 4.35. The van der Waals surface area contributed by atoms with Crippen LogP contribution in [-0.4, -0.2) is 48.9 Å². The molecule has 1 fully saturated rings. The Kier molecular flexibility index (Phi) is 5.96. The van der Waals surface area contributed by atoms with Gasteiger partial charge in [0, 0.05) is 19.0 Å². The lowest BCUT2D eigenvalue weighted by Gasteiger charge is -2.33. The van der Waals surface area contributed by atoms with E-state index in [9.17, 15) is 9.59 Å². The van der Waals surface area contributed by atoms with E-state index in [0.717, 1.165) is 24.0 Å². The molecule has 1 aliphatic rings. The third-order valence-electron chi connectivity index (χ3n) is 6.71. The minimum absolute atomic E-state index is 0.0795. The van der Waals surface area contributed by atoms with Crippen molar-refractivity contribution in [3.05, 3.63) is 87.5 Å². The molecule has 5 rings (SSSR count). The first-order valence-corrected chi connectivity index (χ1v) is 11.7. The minimum Gasteiger partial charge on any atom is -0.342 e. The molecule has 174 valence electrons. The zero-order valence-electron chi connectivity index (χ0n) is 19.4. The molecule has 2 aromatic carbocycles. The number of carbonyl (C=O) groups is 1. The summed E-state index contributed by atoms with van der Waals surface area (Å²) in [4.78, 5) is 35.3. The molecule has 34 heavy (non-hydrogen) atoms. The molecule has 0 aliphatic carbocycles. The van der Waals surface area contributed by atoms with Crippen LogP contribution in [0, 0.1) is 6.92 Å². The summed E-state index contributed by atoms with van der Waals surface area (Å²) in [6.45, 7) is 5.79. The van der Waals surface area contributed by atoms with Gasteiger partial charge in [0.15, 0.2) is 11.2 Å². The summed E-state index contributed by atoms with van der Waals surface area (Å²) in [5.41, 5.74) is 3.75. The summed E-state index contributed by atoms with van der Waals surface area (Å²) in [6.07, 6.45) is 1.50. The van der Waals surface area contributed by atoms with Crippen molar-refractivity contribution >= 4 is 17.1 Å². The number of carbonyl (C=O) groups excluding carboxylic acids is 1. The average molecular weight is 457 g/mol. The molecule has 1 aliphatic heterocycles. The highest BCUT2D eigenvalue weighted by atomic mass is 16.2. The second-order valence-electron chi connectivity index (χ2n) is 9.09. The Morgan fingerprint density at radius 2 is 1.79 bits per heavy atom. The van der Waals surface area contributed by atoms with E-state index in [-0.39, 0.29) is 28.8 Å². The van der Waals surface area contributed by atoms with Crippen molar-refractivity contribution in [3.8, 4) is 0 Å². The largest absolute Gasteiger partial charge is 0.342 e. The molecule has 1 saturated heterocycles. The van der Waals surface area contributed by atoms with Crippen LogP contribution in [0.3, 0.4) is 0 Å². The minimum atomic E-state index is -0.272. The van der Waals surface area contributed by atoms with Crippen LogP contribution in [0.2, 0.25) is 0 Å². The molecular formula is C26H28N6O2. The van der Waals surface area contributed by atoms with Gasteiger partial charge in [-0.05, 0) is 37.8 Å². The van der Waals surface area contributed by atoms with E-state index in [2.05, 4.69) is 15.3 Å². The van der Waals surface area contributed by atoms with Gasteiger partial charge in [0.05, 0.1) is 12.5 Å². The van der Waals surface area contributed by atoms with Crippen LogP contribution >= 0.6 is 0 Å². The zero-order valence-corrected chi connectivity index (χ0v) is 19.4. The predicted octanol–water partition coefficient (Wildman–Crippen LogP) is 3.38. The van der Waals surface area contributed by atoms with E-state index in [0.29, 0.717) is 31.1 Å². The van der Waals surface area contributed by atoms with Gasteiger partial charge in [-0.15, -0.1) is 5.10 Å². The first kappa shape index (κ1) is 22.0. The van der Waals surface area contributed by atoms with Crippen molar-refractivity contribution in [2.24, 2.45) is 0 Å². The van der Waals surface area contributed by atoms with E-state index in [1.165, 1.54) is 5.56 Å². The summed E-state index contributed by atoms with van der Waals surface area (Å²) in [6, 6.07) is 18.0. The predicted molar refractivity (Wildman–Crippen MR) is 130 cm³/mol. The molecule has 2 aromatic heterocycles. The molecule has 0 bridgehead atoms. The summed E-state index contributed by atoms with van der Waals surface area (Å²) in [5, 5.41) is 8.20. The number of benzene rings is 2.